The molecule has 0 aromatic heterocycles. The molecule has 2 bridgehead atoms. The lowest BCUT2D eigenvalue weighted by Crippen LogP contribution is -2.43. The number of benzene rings is 2. The van der Waals surface area contributed by atoms with Crippen molar-refractivity contribution in [1.29, 1.82) is 0 Å². The van der Waals surface area contributed by atoms with Crippen LogP contribution in [0.2, 0.25) is 0 Å². The average molecular weight is 414 g/mol. The number of ether oxygens (including phenoxy) is 2. The van der Waals surface area contributed by atoms with Crippen LogP contribution in [-0.4, -0.2) is 43.2 Å². The van der Waals surface area contributed by atoms with Crippen molar-refractivity contribution in [3.05, 3.63) is 65.7 Å². The summed E-state index contributed by atoms with van der Waals surface area (Å²) in [6.07, 6.45) is 6.19. The standard InChI is InChI=1S/C24H27NO3.ClH/c1-25-19-10-11-20(25)16-22(15-19)28-24(26)23(14-17-6-4-3-5-7-17)18-8-12-21(27-2)13-9-18;/h3-9,12-14,19-20,22H,10-11,15-16H2,1-2H3;1H/b23-14+;. The van der Waals surface area contributed by atoms with E-state index in [1.807, 2.05) is 60.7 Å². The Labute approximate surface area is 178 Å². The van der Waals surface area contributed by atoms with Crippen molar-refractivity contribution in [2.45, 2.75) is 43.9 Å². The van der Waals surface area contributed by atoms with Crippen molar-refractivity contribution in [2.75, 3.05) is 14.2 Å². The van der Waals surface area contributed by atoms with Gasteiger partial charge in [0, 0.05) is 24.9 Å². The number of hydrogen-bond donors (Lipinski definition) is 0. The molecule has 2 saturated heterocycles. The molecule has 0 saturated carbocycles. The first-order valence-corrected chi connectivity index (χ1v) is 9.98. The quantitative estimate of drug-likeness (QED) is 0.400. The Morgan fingerprint density at radius 1 is 1.00 bits per heavy atom. The fourth-order valence-corrected chi connectivity index (χ4v) is 4.42. The molecule has 2 aliphatic heterocycles. The number of halogens is 1. The number of carbonyl (C=O) groups is 1. The van der Waals surface area contributed by atoms with E-state index in [-0.39, 0.29) is 24.5 Å². The highest BCUT2D eigenvalue weighted by atomic mass is 35.5. The van der Waals surface area contributed by atoms with E-state index in [0.717, 1.165) is 29.7 Å². The second kappa shape index (κ2) is 9.47. The van der Waals surface area contributed by atoms with Crippen LogP contribution in [-0.2, 0) is 9.53 Å². The van der Waals surface area contributed by atoms with Crippen LogP contribution in [0.15, 0.2) is 54.6 Å². The van der Waals surface area contributed by atoms with Gasteiger partial charge in [0.2, 0.25) is 0 Å². The number of carbonyl (C=O) groups excluding carboxylic acids is 1. The molecule has 2 atom stereocenters. The zero-order valence-electron chi connectivity index (χ0n) is 16.9. The Hall–Kier alpha value is -2.30. The molecule has 2 aliphatic rings. The van der Waals surface area contributed by atoms with E-state index >= 15 is 0 Å². The van der Waals surface area contributed by atoms with Gasteiger partial charge in [-0.1, -0.05) is 42.5 Å². The lowest BCUT2D eigenvalue weighted by Gasteiger charge is -2.35. The monoisotopic (exact) mass is 413 g/mol. The molecule has 0 radical (unpaired) electrons. The molecule has 2 aromatic rings. The first-order valence-electron chi connectivity index (χ1n) is 9.98. The minimum atomic E-state index is -0.247. The highest BCUT2D eigenvalue weighted by Crippen LogP contribution is 2.36. The molecule has 2 heterocycles. The van der Waals surface area contributed by atoms with Gasteiger partial charge in [-0.25, -0.2) is 4.79 Å². The number of fused-ring (bicyclic) bond motifs is 2. The van der Waals surface area contributed by atoms with E-state index in [2.05, 4.69) is 11.9 Å². The van der Waals surface area contributed by atoms with Crippen molar-refractivity contribution in [3.63, 3.8) is 0 Å². The van der Waals surface area contributed by atoms with Crippen LogP contribution in [0.4, 0.5) is 0 Å². The summed E-state index contributed by atoms with van der Waals surface area (Å²) in [5, 5.41) is 0. The Morgan fingerprint density at radius 3 is 2.21 bits per heavy atom. The predicted octanol–water partition coefficient (Wildman–Crippen LogP) is 4.83. The molecule has 4 rings (SSSR count). The van der Waals surface area contributed by atoms with E-state index in [1.165, 1.54) is 12.8 Å². The molecule has 2 aromatic carbocycles. The molecule has 29 heavy (non-hydrogen) atoms. The summed E-state index contributed by atoms with van der Waals surface area (Å²) >= 11 is 0. The van der Waals surface area contributed by atoms with Gasteiger partial charge in [0.05, 0.1) is 12.7 Å². The van der Waals surface area contributed by atoms with Crippen molar-refractivity contribution in [3.8, 4) is 5.75 Å². The minimum absolute atomic E-state index is 0. The maximum Gasteiger partial charge on any atom is 0.339 e. The largest absolute Gasteiger partial charge is 0.497 e. The Balaban J connectivity index is 0.00000240. The molecule has 5 heteroatoms. The highest BCUT2D eigenvalue weighted by Gasteiger charge is 2.40. The number of methoxy groups -OCH3 is 1. The van der Waals surface area contributed by atoms with Crippen LogP contribution >= 0.6 is 12.4 Å². The topological polar surface area (TPSA) is 38.8 Å². The van der Waals surface area contributed by atoms with Crippen LogP contribution in [0.3, 0.4) is 0 Å². The summed E-state index contributed by atoms with van der Waals surface area (Å²) in [5.41, 5.74) is 2.40. The number of hydrogen-bond acceptors (Lipinski definition) is 4. The zero-order chi connectivity index (χ0) is 19.5. The summed E-state index contributed by atoms with van der Waals surface area (Å²) < 4.78 is 11.3. The van der Waals surface area contributed by atoms with Gasteiger partial charge in [-0.05, 0) is 49.2 Å². The Kier molecular flexibility index (Phi) is 6.99. The van der Waals surface area contributed by atoms with E-state index in [4.69, 9.17) is 9.47 Å². The molecule has 2 unspecified atom stereocenters. The van der Waals surface area contributed by atoms with Crippen LogP contribution < -0.4 is 4.74 Å². The van der Waals surface area contributed by atoms with Gasteiger partial charge in [0.25, 0.3) is 0 Å². The summed E-state index contributed by atoms with van der Waals surface area (Å²) in [5.74, 6) is 0.519. The molecular formula is C24H28ClNO3. The van der Waals surface area contributed by atoms with Gasteiger partial charge in [0.1, 0.15) is 11.9 Å². The van der Waals surface area contributed by atoms with Gasteiger partial charge in [-0.15, -0.1) is 12.4 Å². The van der Waals surface area contributed by atoms with Crippen molar-refractivity contribution in [2.24, 2.45) is 0 Å². The third-order valence-corrected chi connectivity index (χ3v) is 6.06. The van der Waals surface area contributed by atoms with Crippen molar-refractivity contribution in [1.82, 2.24) is 4.90 Å². The van der Waals surface area contributed by atoms with Crippen LogP contribution in [0, 0.1) is 0 Å². The predicted molar refractivity (Wildman–Crippen MR) is 118 cm³/mol. The maximum absolute atomic E-state index is 13.2. The molecule has 0 spiro atoms. The molecule has 2 fully saturated rings. The van der Waals surface area contributed by atoms with Crippen LogP contribution in [0.1, 0.15) is 36.8 Å². The summed E-state index contributed by atoms with van der Waals surface area (Å²) in [6.45, 7) is 0. The third-order valence-electron chi connectivity index (χ3n) is 6.06. The van der Waals surface area contributed by atoms with Crippen LogP contribution in [0.5, 0.6) is 5.75 Å². The number of esters is 1. The molecule has 0 amide bonds. The fourth-order valence-electron chi connectivity index (χ4n) is 4.42. The molecule has 0 aliphatic carbocycles. The van der Waals surface area contributed by atoms with E-state index < -0.39 is 0 Å². The van der Waals surface area contributed by atoms with Gasteiger partial charge in [-0.2, -0.15) is 0 Å². The first-order chi connectivity index (χ1) is 13.6. The van der Waals surface area contributed by atoms with E-state index in [0.29, 0.717) is 17.7 Å². The smallest absolute Gasteiger partial charge is 0.339 e. The molecular weight excluding hydrogens is 386 g/mol. The Morgan fingerprint density at radius 2 is 1.62 bits per heavy atom. The van der Waals surface area contributed by atoms with Gasteiger partial charge in [-0.3, -0.25) is 0 Å². The Bertz CT molecular complexity index is 836. The van der Waals surface area contributed by atoms with Crippen molar-refractivity contribution < 1.29 is 14.3 Å². The second-order valence-electron chi connectivity index (χ2n) is 7.75. The first kappa shape index (κ1) is 21.4. The summed E-state index contributed by atoms with van der Waals surface area (Å²) in [7, 11) is 3.83. The van der Waals surface area contributed by atoms with E-state index in [1.54, 1.807) is 7.11 Å². The third kappa shape index (κ3) is 4.82. The van der Waals surface area contributed by atoms with Crippen LogP contribution in [0.25, 0.3) is 11.6 Å². The summed E-state index contributed by atoms with van der Waals surface area (Å²) in [6, 6.07) is 18.5. The van der Waals surface area contributed by atoms with Crippen molar-refractivity contribution >= 4 is 30.0 Å². The SMILES string of the molecule is COc1ccc(/C(=C\c2ccccc2)C(=O)OC2CC3CCC(C2)N3C)cc1.Cl. The zero-order valence-corrected chi connectivity index (χ0v) is 17.7. The molecule has 4 nitrogen and oxygen atoms in total. The van der Waals surface area contributed by atoms with Gasteiger partial charge in [0.15, 0.2) is 0 Å². The lowest BCUT2D eigenvalue weighted by atomic mass is 9.99. The lowest BCUT2D eigenvalue weighted by molar-refractivity contribution is -0.144. The number of nitrogens with zero attached hydrogens (tertiary/aromatic N) is 1. The minimum Gasteiger partial charge on any atom is -0.497 e. The second-order valence-corrected chi connectivity index (χ2v) is 7.75. The fraction of sp³-hybridized carbons (Fsp3) is 0.375. The van der Waals surface area contributed by atoms with Gasteiger partial charge < -0.3 is 14.4 Å². The molecule has 154 valence electrons. The molecule has 0 N–H and O–H groups in total. The maximum atomic E-state index is 13.2. The summed E-state index contributed by atoms with van der Waals surface area (Å²) in [4.78, 5) is 15.6. The average Bonchev–Trinajstić information content (AvgIpc) is 2.93. The van der Waals surface area contributed by atoms with Gasteiger partial charge >= 0.3 is 5.97 Å². The number of rotatable bonds is 5. The van der Waals surface area contributed by atoms with E-state index in [9.17, 15) is 4.79 Å². The highest BCUT2D eigenvalue weighted by molar-refractivity contribution is 6.21. The number of piperidine rings is 1. The normalized spacial score (nSPS) is 23.9.